The molecule has 0 amide bonds. The summed E-state index contributed by atoms with van der Waals surface area (Å²) < 4.78 is 0. The van der Waals surface area contributed by atoms with Gasteiger partial charge in [-0.05, 0) is 42.2 Å². The first-order valence-corrected chi connectivity index (χ1v) is 6.20. The molecule has 1 fully saturated rings. The molecule has 0 bridgehead atoms. The van der Waals surface area contributed by atoms with Crippen molar-refractivity contribution in [2.45, 2.75) is 13.3 Å². The number of hydrogen-bond acceptors (Lipinski definition) is 2. The van der Waals surface area contributed by atoms with E-state index in [0.29, 0.717) is 10.9 Å². The number of hydrogen-bond donors (Lipinski definition) is 1. The highest BCUT2D eigenvalue weighted by atomic mass is 35.5. The van der Waals surface area contributed by atoms with Crippen LogP contribution in [0.15, 0.2) is 29.8 Å². The lowest BCUT2D eigenvalue weighted by molar-refractivity contribution is 0.504. The van der Waals surface area contributed by atoms with Gasteiger partial charge >= 0.3 is 0 Å². The van der Waals surface area contributed by atoms with E-state index in [1.54, 1.807) is 0 Å². The molecule has 0 aliphatic carbocycles. The van der Waals surface area contributed by atoms with Crippen LogP contribution in [-0.2, 0) is 0 Å². The van der Waals surface area contributed by atoms with Gasteiger partial charge in [0.1, 0.15) is 0 Å². The van der Waals surface area contributed by atoms with Gasteiger partial charge in [0.05, 0.1) is 11.6 Å². The van der Waals surface area contributed by atoms with Gasteiger partial charge in [0.2, 0.25) is 0 Å². The molecule has 0 radical (unpaired) electrons. The smallest absolute Gasteiger partial charge is 0.0997 e. The lowest BCUT2D eigenvalue weighted by Crippen LogP contribution is -2.30. The third-order valence-electron chi connectivity index (χ3n) is 3.18. The van der Waals surface area contributed by atoms with E-state index < -0.39 is 0 Å². The van der Waals surface area contributed by atoms with Crippen molar-refractivity contribution in [3.05, 3.63) is 40.4 Å². The quantitative estimate of drug-likeness (QED) is 0.773. The minimum atomic E-state index is 0.425. The summed E-state index contributed by atoms with van der Waals surface area (Å²) in [5, 5.41) is 13.4. The summed E-state index contributed by atoms with van der Waals surface area (Å²) >= 11 is 5.87. The maximum Gasteiger partial charge on any atom is 0.0997 e. The van der Waals surface area contributed by atoms with Gasteiger partial charge in [-0.25, -0.2) is 0 Å². The molecule has 1 aliphatic rings. The van der Waals surface area contributed by atoms with Crippen LogP contribution in [0.25, 0.3) is 5.57 Å². The van der Waals surface area contributed by atoms with Gasteiger partial charge in [-0.3, -0.25) is 0 Å². The van der Waals surface area contributed by atoms with E-state index in [-0.39, 0.29) is 0 Å². The SMILES string of the molecule is CC1CNCCC1=C(C#N)c1ccc(Cl)cc1. The second-order valence-electron chi connectivity index (χ2n) is 4.37. The highest BCUT2D eigenvalue weighted by Gasteiger charge is 2.18. The molecule has 1 aromatic rings. The molecule has 3 heteroatoms. The zero-order valence-corrected chi connectivity index (χ0v) is 10.6. The molecule has 0 spiro atoms. The minimum absolute atomic E-state index is 0.425. The van der Waals surface area contributed by atoms with Crippen LogP contribution in [0.1, 0.15) is 18.9 Å². The van der Waals surface area contributed by atoms with Crippen LogP contribution in [0.5, 0.6) is 0 Å². The molecule has 17 heavy (non-hydrogen) atoms. The molecule has 0 saturated carbocycles. The van der Waals surface area contributed by atoms with E-state index in [1.165, 1.54) is 5.57 Å². The molecule has 1 saturated heterocycles. The molecule has 1 aromatic carbocycles. The largest absolute Gasteiger partial charge is 0.316 e. The summed E-state index contributed by atoms with van der Waals surface area (Å²) in [6, 6.07) is 9.85. The Labute approximate surface area is 107 Å². The van der Waals surface area contributed by atoms with Crippen molar-refractivity contribution in [3.8, 4) is 6.07 Å². The number of halogens is 1. The van der Waals surface area contributed by atoms with Crippen LogP contribution in [-0.4, -0.2) is 13.1 Å². The average molecular weight is 247 g/mol. The van der Waals surface area contributed by atoms with E-state index in [1.807, 2.05) is 24.3 Å². The monoisotopic (exact) mass is 246 g/mol. The first-order valence-electron chi connectivity index (χ1n) is 5.82. The van der Waals surface area contributed by atoms with Crippen molar-refractivity contribution < 1.29 is 0 Å². The number of nitrogens with one attached hydrogen (secondary N) is 1. The summed E-state index contributed by atoms with van der Waals surface area (Å²) in [6.45, 7) is 4.07. The van der Waals surface area contributed by atoms with E-state index in [2.05, 4.69) is 18.3 Å². The van der Waals surface area contributed by atoms with Gasteiger partial charge in [0, 0.05) is 11.6 Å². The van der Waals surface area contributed by atoms with Gasteiger partial charge in [-0.1, -0.05) is 30.7 Å². The maximum atomic E-state index is 9.36. The van der Waals surface area contributed by atoms with E-state index >= 15 is 0 Å². The molecule has 1 heterocycles. The van der Waals surface area contributed by atoms with Gasteiger partial charge in [-0.15, -0.1) is 0 Å². The Kier molecular flexibility index (Phi) is 3.83. The van der Waals surface area contributed by atoms with E-state index in [9.17, 15) is 5.26 Å². The molecule has 88 valence electrons. The first-order chi connectivity index (χ1) is 8.22. The molecule has 2 nitrogen and oxygen atoms in total. The maximum absolute atomic E-state index is 9.36. The van der Waals surface area contributed by atoms with Crippen molar-refractivity contribution in [2.24, 2.45) is 5.92 Å². The standard InChI is InChI=1S/C14H15ClN2/c1-10-9-17-7-6-13(10)14(8-16)11-2-4-12(15)5-3-11/h2-5,10,17H,6-7,9H2,1H3. The fourth-order valence-electron chi connectivity index (χ4n) is 2.22. The molecular formula is C14H15ClN2. The summed E-state index contributed by atoms with van der Waals surface area (Å²) in [6.07, 6.45) is 0.951. The number of benzene rings is 1. The number of allylic oxidation sites excluding steroid dienone is 1. The van der Waals surface area contributed by atoms with Crippen molar-refractivity contribution in [3.63, 3.8) is 0 Å². The number of rotatable bonds is 1. The van der Waals surface area contributed by atoms with Crippen LogP contribution >= 0.6 is 11.6 Å². The molecular weight excluding hydrogens is 232 g/mol. The summed E-state index contributed by atoms with van der Waals surface area (Å²) in [5.74, 6) is 0.425. The van der Waals surface area contributed by atoms with Gasteiger partial charge in [0.25, 0.3) is 0 Å². The molecule has 1 atom stereocenters. The Morgan fingerprint density at radius 1 is 1.41 bits per heavy atom. The normalized spacial score (nSPS) is 23.0. The lowest BCUT2D eigenvalue weighted by Gasteiger charge is -2.24. The molecule has 1 unspecified atom stereocenters. The molecule has 1 aliphatic heterocycles. The summed E-state index contributed by atoms with van der Waals surface area (Å²) in [5.41, 5.74) is 3.05. The predicted molar refractivity (Wildman–Crippen MR) is 70.6 cm³/mol. The van der Waals surface area contributed by atoms with E-state index in [0.717, 1.165) is 30.6 Å². The topological polar surface area (TPSA) is 35.8 Å². The van der Waals surface area contributed by atoms with Crippen molar-refractivity contribution in [2.75, 3.05) is 13.1 Å². The third-order valence-corrected chi connectivity index (χ3v) is 3.43. The Morgan fingerprint density at radius 2 is 2.12 bits per heavy atom. The Hall–Kier alpha value is -1.30. The van der Waals surface area contributed by atoms with Crippen molar-refractivity contribution >= 4 is 17.2 Å². The number of nitrogens with zero attached hydrogens (tertiary/aromatic N) is 1. The van der Waals surface area contributed by atoms with Crippen LogP contribution in [0.4, 0.5) is 0 Å². The second kappa shape index (κ2) is 5.35. The zero-order valence-electron chi connectivity index (χ0n) is 9.83. The highest BCUT2D eigenvalue weighted by molar-refractivity contribution is 6.30. The summed E-state index contributed by atoms with van der Waals surface area (Å²) in [7, 11) is 0. The van der Waals surface area contributed by atoms with Crippen LogP contribution in [0, 0.1) is 17.2 Å². The van der Waals surface area contributed by atoms with Gasteiger partial charge in [0.15, 0.2) is 0 Å². The fourth-order valence-corrected chi connectivity index (χ4v) is 2.35. The molecule has 0 aromatic heterocycles. The summed E-state index contributed by atoms with van der Waals surface area (Å²) in [4.78, 5) is 0. The lowest BCUT2D eigenvalue weighted by atomic mass is 9.88. The molecule has 2 rings (SSSR count). The fraction of sp³-hybridized carbons (Fsp3) is 0.357. The Morgan fingerprint density at radius 3 is 2.71 bits per heavy atom. The van der Waals surface area contributed by atoms with Crippen molar-refractivity contribution in [1.82, 2.24) is 5.32 Å². The predicted octanol–water partition coefficient (Wildman–Crippen LogP) is 3.25. The first kappa shape index (κ1) is 12.2. The average Bonchev–Trinajstić information content (AvgIpc) is 2.35. The Balaban J connectivity index is 2.41. The van der Waals surface area contributed by atoms with Crippen LogP contribution < -0.4 is 5.32 Å². The number of piperidine rings is 1. The third kappa shape index (κ3) is 2.69. The Bertz CT molecular complexity index is 468. The highest BCUT2D eigenvalue weighted by Crippen LogP contribution is 2.28. The van der Waals surface area contributed by atoms with Crippen LogP contribution in [0.2, 0.25) is 5.02 Å². The molecule has 1 N–H and O–H groups in total. The number of nitriles is 1. The van der Waals surface area contributed by atoms with Crippen molar-refractivity contribution in [1.29, 1.82) is 5.26 Å². The minimum Gasteiger partial charge on any atom is -0.316 e. The second-order valence-corrected chi connectivity index (χ2v) is 4.81. The van der Waals surface area contributed by atoms with E-state index in [4.69, 9.17) is 11.6 Å². The van der Waals surface area contributed by atoms with Gasteiger partial charge in [-0.2, -0.15) is 5.26 Å². The van der Waals surface area contributed by atoms with Gasteiger partial charge < -0.3 is 5.32 Å². The van der Waals surface area contributed by atoms with Crippen LogP contribution in [0.3, 0.4) is 0 Å². The zero-order chi connectivity index (χ0) is 12.3.